The Morgan fingerprint density at radius 1 is 1.38 bits per heavy atom. The van der Waals surface area contributed by atoms with Crippen LogP contribution in [-0.4, -0.2) is 66.4 Å². The highest BCUT2D eigenvalue weighted by Gasteiger charge is 2.42. The Hall–Kier alpha value is -1.34. The van der Waals surface area contributed by atoms with Crippen molar-refractivity contribution in [3.63, 3.8) is 0 Å². The van der Waals surface area contributed by atoms with Crippen LogP contribution < -0.4 is 10.6 Å². The first-order valence-electron chi connectivity index (χ1n) is 7.68. The van der Waals surface area contributed by atoms with E-state index in [2.05, 4.69) is 22.5 Å². The number of rotatable bonds is 4. The summed E-state index contributed by atoms with van der Waals surface area (Å²) in [4.78, 5) is 25.9. The van der Waals surface area contributed by atoms with Gasteiger partial charge in [0.05, 0.1) is 0 Å². The lowest BCUT2D eigenvalue weighted by atomic mass is 9.90. The first-order chi connectivity index (χ1) is 10.1. The molecule has 7 nitrogen and oxygen atoms in total. The van der Waals surface area contributed by atoms with Crippen LogP contribution in [0.4, 0.5) is 4.79 Å². The lowest BCUT2D eigenvalue weighted by Crippen LogP contribution is -2.61. The molecule has 1 unspecified atom stereocenters. The third-order valence-corrected chi connectivity index (χ3v) is 4.40. The number of piperidine rings is 1. The molecule has 0 aromatic carbocycles. The standard InChI is InChI=1S/C14H25N3O4/c1-2-17-7-3-4-11(10-17)15-13(20)16-14(12(18)19)5-8-21-9-6-14/h11H,2-10H2,1H3,(H,18,19)(H2,15,16,20). The molecule has 0 bridgehead atoms. The number of nitrogens with one attached hydrogen (secondary N) is 2. The molecule has 2 aliphatic rings. The quantitative estimate of drug-likeness (QED) is 0.699. The normalized spacial score (nSPS) is 26.0. The summed E-state index contributed by atoms with van der Waals surface area (Å²) in [7, 11) is 0. The predicted molar refractivity (Wildman–Crippen MR) is 77.2 cm³/mol. The van der Waals surface area contributed by atoms with Gasteiger partial charge in [0.25, 0.3) is 0 Å². The highest BCUT2D eigenvalue weighted by molar-refractivity contribution is 5.86. The fourth-order valence-electron chi connectivity index (χ4n) is 3.01. The van der Waals surface area contributed by atoms with Crippen LogP contribution in [0.1, 0.15) is 32.6 Å². The van der Waals surface area contributed by atoms with E-state index in [-0.39, 0.29) is 12.1 Å². The maximum Gasteiger partial charge on any atom is 0.329 e. The van der Waals surface area contributed by atoms with E-state index in [0.29, 0.717) is 26.1 Å². The maximum absolute atomic E-state index is 12.1. The fraction of sp³-hybridized carbons (Fsp3) is 0.857. The Morgan fingerprint density at radius 2 is 2.10 bits per heavy atom. The number of carboxylic acids is 1. The van der Waals surface area contributed by atoms with E-state index < -0.39 is 11.5 Å². The minimum Gasteiger partial charge on any atom is -0.480 e. The van der Waals surface area contributed by atoms with Crippen LogP contribution in [0.2, 0.25) is 0 Å². The average molecular weight is 299 g/mol. The fourth-order valence-corrected chi connectivity index (χ4v) is 3.01. The highest BCUT2D eigenvalue weighted by atomic mass is 16.5. The lowest BCUT2D eigenvalue weighted by Gasteiger charge is -2.36. The molecule has 2 fully saturated rings. The largest absolute Gasteiger partial charge is 0.480 e. The van der Waals surface area contributed by atoms with Crippen LogP contribution in [0.15, 0.2) is 0 Å². The monoisotopic (exact) mass is 299 g/mol. The van der Waals surface area contributed by atoms with E-state index in [0.717, 1.165) is 32.5 Å². The van der Waals surface area contributed by atoms with Crippen LogP contribution in [-0.2, 0) is 9.53 Å². The molecule has 0 saturated carbocycles. The van der Waals surface area contributed by atoms with Gasteiger partial charge in [-0.2, -0.15) is 0 Å². The summed E-state index contributed by atoms with van der Waals surface area (Å²) in [5, 5.41) is 15.0. The predicted octanol–water partition coefficient (Wildman–Crippen LogP) is 0.404. The van der Waals surface area contributed by atoms with E-state index in [1.54, 1.807) is 0 Å². The summed E-state index contributed by atoms with van der Waals surface area (Å²) < 4.78 is 5.19. The summed E-state index contributed by atoms with van der Waals surface area (Å²) in [6, 6.07) is -0.299. The van der Waals surface area contributed by atoms with Crippen LogP contribution >= 0.6 is 0 Å². The molecule has 2 rings (SSSR count). The summed E-state index contributed by atoms with van der Waals surface area (Å²) in [6.45, 7) is 5.68. The average Bonchev–Trinajstić information content (AvgIpc) is 2.48. The number of likely N-dealkylation sites (tertiary alicyclic amines) is 1. The van der Waals surface area contributed by atoms with Gasteiger partial charge < -0.3 is 25.4 Å². The molecule has 120 valence electrons. The molecular formula is C14H25N3O4. The maximum atomic E-state index is 12.1. The van der Waals surface area contributed by atoms with Crippen molar-refractivity contribution in [1.29, 1.82) is 0 Å². The first-order valence-corrected chi connectivity index (χ1v) is 7.68. The van der Waals surface area contributed by atoms with Gasteiger partial charge in [-0.15, -0.1) is 0 Å². The number of carbonyl (C=O) groups is 2. The van der Waals surface area contributed by atoms with Crippen molar-refractivity contribution in [2.75, 3.05) is 32.8 Å². The molecule has 1 atom stereocenters. The second-order valence-corrected chi connectivity index (χ2v) is 5.83. The zero-order valence-electron chi connectivity index (χ0n) is 12.6. The Balaban J connectivity index is 1.89. The smallest absolute Gasteiger partial charge is 0.329 e. The summed E-state index contributed by atoms with van der Waals surface area (Å²) >= 11 is 0. The third kappa shape index (κ3) is 4.07. The minimum absolute atomic E-state index is 0.0874. The number of nitrogens with zero attached hydrogens (tertiary/aromatic N) is 1. The third-order valence-electron chi connectivity index (χ3n) is 4.40. The Kier molecular flexibility index (Phi) is 5.41. The number of urea groups is 1. The molecule has 0 spiro atoms. The highest BCUT2D eigenvalue weighted by Crippen LogP contribution is 2.21. The number of hydrogen-bond acceptors (Lipinski definition) is 4. The van der Waals surface area contributed by atoms with E-state index in [1.807, 2.05) is 0 Å². The summed E-state index contributed by atoms with van der Waals surface area (Å²) in [5.41, 5.74) is -1.19. The second-order valence-electron chi connectivity index (χ2n) is 5.83. The van der Waals surface area contributed by atoms with Crippen molar-refractivity contribution in [2.24, 2.45) is 0 Å². The molecule has 3 N–H and O–H groups in total. The topological polar surface area (TPSA) is 90.9 Å². The molecule has 0 aromatic rings. The Bertz CT molecular complexity index is 382. The number of ether oxygens (including phenoxy) is 1. The number of hydrogen-bond donors (Lipinski definition) is 3. The van der Waals surface area contributed by atoms with Gasteiger partial charge in [-0.3, -0.25) is 0 Å². The van der Waals surface area contributed by atoms with E-state index in [4.69, 9.17) is 4.74 Å². The van der Waals surface area contributed by atoms with Gasteiger partial charge in [-0.05, 0) is 25.9 Å². The summed E-state index contributed by atoms with van der Waals surface area (Å²) in [6.07, 6.45) is 2.60. The van der Waals surface area contributed by atoms with Gasteiger partial charge in [0.15, 0.2) is 0 Å². The van der Waals surface area contributed by atoms with Crippen LogP contribution in [0.5, 0.6) is 0 Å². The van der Waals surface area contributed by atoms with Crippen molar-refractivity contribution in [2.45, 2.75) is 44.2 Å². The van der Waals surface area contributed by atoms with Crippen LogP contribution in [0.3, 0.4) is 0 Å². The van der Waals surface area contributed by atoms with Gasteiger partial charge in [-0.25, -0.2) is 9.59 Å². The Morgan fingerprint density at radius 3 is 2.71 bits per heavy atom. The molecule has 7 heteroatoms. The molecule has 2 heterocycles. The molecule has 0 aromatic heterocycles. The zero-order valence-corrected chi connectivity index (χ0v) is 12.6. The molecular weight excluding hydrogens is 274 g/mol. The SMILES string of the molecule is CCN1CCCC(NC(=O)NC2(C(=O)O)CCOCC2)C1. The van der Waals surface area contributed by atoms with Gasteiger partial charge in [0, 0.05) is 38.6 Å². The second kappa shape index (κ2) is 7.09. The van der Waals surface area contributed by atoms with Crippen molar-refractivity contribution in [1.82, 2.24) is 15.5 Å². The van der Waals surface area contributed by atoms with Gasteiger partial charge in [0.2, 0.25) is 0 Å². The zero-order chi connectivity index (χ0) is 15.3. The minimum atomic E-state index is -1.19. The van der Waals surface area contributed by atoms with Crippen LogP contribution in [0, 0.1) is 0 Å². The van der Waals surface area contributed by atoms with Gasteiger partial charge >= 0.3 is 12.0 Å². The van der Waals surface area contributed by atoms with Crippen molar-refractivity contribution >= 4 is 12.0 Å². The van der Waals surface area contributed by atoms with Crippen molar-refractivity contribution < 1.29 is 19.4 Å². The van der Waals surface area contributed by atoms with Crippen molar-refractivity contribution in [3.05, 3.63) is 0 Å². The number of carbonyl (C=O) groups excluding carboxylic acids is 1. The number of amides is 2. The molecule has 2 aliphatic heterocycles. The first kappa shape index (κ1) is 16.0. The number of likely N-dealkylation sites (N-methyl/N-ethyl adjacent to an activating group) is 1. The van der Waals surface area contributed by atoms with Gasteiger partial charge in [0.1, 0.15) is 5.54 Å². The van der Waals surface area contributed by atoms with E-state index in [9.17, 15) is 14.7 Å². The van der Waals surface area contributed by atoms with Crippen molar-refractivity contribution in [3.8, 4) is 0 Å². The van der Waals surface area contributed by atoms with Crippen LogP contribution in [0.25, 0.3) is 0 Å². The molecule has 0 radical (unpaired) electrons. The summed E-state index contributed by atoms with van der Waals surface area (Å²) in [5.74, 6) is -0.986. The number of aliphatic carboxylic acids is 1. The molecule has 0 aliphatic carbocycles. The molecule has 2 amide bonds. The van der Waals surface area contributed by atoms with Gasteiger partial charge in [-0.1, -0.05) is 6.92 Å². The molecule has 2 saturated heterocycles. The lowest BCUT2D eigenvalue weighted by molar-refractivity contribution is -0.148. The molecule has 21 heavy (non-hydrogen) atoms. The number of carboxylic acid groups (broad SMARTS) is 1. The van der Waals surface area contributed by atoms with E-state index in [1.165, 1.54) is 0 Å². The van der Waals surface area contributed by atoms with E-state index >= 15 is 0 Å². The Labute approximate surface area is 125 Å².